The molecule has 0 radical (unpaired) electrons. The Morgan fingerprint density at radius 3 is 2.50 bits per heavy atom. The van der Waals surface area contributed by atoms with Crippen molar-refractivity contribution >= 4 is 11.8 Å². The third-order valence-electron chi connectivity index (χ3n) is 3.04. The van der Waals surface area contributed by atoms with Crippen molar-refractivity contribution in [3.63, 3.8) is 0 Å². The Bertz CT molecular complexity index is 152. The average Bonchev–Trinajstić information content (AvgIpc) is 2.07. The summed E-state index contributed by atoms with van der Waals surface area (Å²) in [6.07, 6.45) is 4.26. The molecule has 0 aromatic heterocycles. The minimum atomic E-state index is 0.669. The van der Waals surface area contributed by atoms with Gasteiger partial charge in [0.25, 0.3) is 0 Å². The van der Waals surface area contributed by atoms with E-state index in [2.05, 4.69) is 37.8 Å². The summed E-state index contributed by atoms with van der Waals surface area (Å²) < 4.78 is 0. The van der Waals surface area contributed by atoms with Crippen LogP contribution < -0.4 is 5.32 Å². The first-order valence-corrected chi connectivity index (χ1v) is 7.12. The topological polar surface area (TPSA) is 12.0 Å². The van der Waals surface area contributed by atoms with Crippen molar-refractivity contribution in [3.8, 4) is 0 Å². The van der Waals surface area contributed by atoms with E-state index in [9.17, 15) is 0 Å². The first-order valence-electron chi connectivity index (χ1n) is 5.97. The van der Waals surface area contributed by atoms with Crippen LogP contribution in [0.2, 0.25) is 0 Å². The van der Waals surface area contributed by atoms with Gasteiger partial charge in [-0.1, -0.05) is 20.8 Å². The molecule has 0 atom stereocenters. The minimum Gasteiger partial charge on any atom is -0.316 e. The van der Waals surface area contributed by atoms with Crippen LogP contribution in [0.15, 0.2) is 0 Å². The van der Waals surface area contributed by atoms with Gasteiger partial charge in [0.05, 0.1) is 0 Å². The molecule has 0 aromatic carbocycles. The third kappa shape index (κ3) is 3.82. The largest absolute Gasteiger partial charge is 0.316 e. The first-order chi connectivity index (χ1) is 6.68. The maximum atomic E-state index is 3.44. The van der Waals surface area contributed by atoms with E-state index in [1.54, 1.807) is 0 Å². The van der Waals surface area contributed by atoms with Crippen molar-refractivity contribution in [2.45, 2.75) is 40.0 Å². The second-order valence-electron chi connectivity index (χ2n) is 5.00. The van der Waals surface area contributed by atoms with Crippen molar-refractivity contribution in [2.24, 2.45) is 11.3 Å². The first kappa shape index (κ1) is 12.4. The van der Waals surface area contributed by atoms with Gasteiger partial charge < -0.3 is 5.32 Å². The molecule has 0 spiro atoms. The molecular weight excluding hydrogens is 190 g/mol. The van der Waals surface area contributed by atoms with Gasteiger partial charge in [0.2, 0.25) is 0 Å². The standard InChI is InChI=1S/C12H25NS/c1-4-14-7-5-6-12(8-11(2)3)9-13-10-12/h11,13H,4-10H2,1-3H3. The van der Waals surface area contributed by atoms with Gasteiger partial charge >= 0.3 is 0 Å². The molecule has 1 aliphatic rings. The zero-order valence-corrected chi connectivity index (χ0v) is 10.8. The molecule has 0 unspecified atom stereocenters. The van der Waals surface area contributed by atoms with E-state index in [4.69, 9.17) is 0 Å². The molecule has 2 heteroatoms. The molecule has 0 aromatic rings. The summed E-state index contributed by atoms with van der Waals surface area (Å²) in [5.41, 5.74) is 0.669. The van der Waals surface area contributed by atoms with Crippen LogP contribution in [0.3, 0.4) is 0 Å². The highest BCUT2D eigenvalue weighted by atomic mass is 32.2. The van der Waals surface area contributed by atoms with Crippen LogP contribution in [-0.4, -0.2) is 24.6 Å². The lowest BCUT2D eigenvalue weighted by Gasteiger charge is -2.44. The van der Waals surface area contributed by atoms with Crippen molar-refractivity contribution < 1.29 is 0 Å². The monoisotopic (exact) mass is 215 g/mol. The predicted octanol–water partition coefficient (Wildman–Crippen LogP) is 3.16. The average molecular weight is 215 g/mol. The lowest BCUT2D eigenvalue weighted by atomic mass is 9.72. The van der Waals surface area contributed by atoms with Crippen molar-refractivity contribution in [3.05, 3.63) is 0 Å². The van der Waals surface area contributed by atoms with Gasteiger partial charge in [0, 0.05) is 13.1 Å². The van der Waals surface area contributed by atoms with E-state index in [0.717, 1.165) is 5.92 Å². The normalized spacial score (nSPS) is 19.7. The summed E-state index contributed by atoms with van der Waals surface area (Å²) in [6.45, 7) is 9.48. The Morgan fingerprint density at radius 1 is 1.36 bits per heavy atom. The zero-order valence-electron chi connectivity index (χ0n) is 9.94. The summed E-state index contributed by atoms with van der Waals surface area (Å²) in [6, 6.07) is 0. The minimum absolute atomic E-state index is 0.669. The van der Waals surface area contributed by atoms with Gasteiger partial charge in [0.1, 0.15) is 0 Å². The number of hydrogen-bond donors (Lipinski definition) is 1. The second-order valence-corrected chi connectivity index (χ2v) is 6.40. The fourth-order valence-electron chi connectivity index (χ4n) is 2.46. The molecule has 1 nitrogen and oxygen atoms in total. The van der Waals surface area contributed by atoms with Gasteiger partial charge in [-0.25, -0.2) is 0 Å². The van der Waals surface area contributed by atoms with Crippen LogP contribution in [0.25, 0.3) is 0 Å². The highest BCUT2D eigenvalue weighted by Crippen LogP contribution is 2.35. The third-order valence-corrected chi connectivity index (χ3v) is 4.03. The van der Waals surface area contributed by atoms with Crippen molar-refractivity contribution in [1.29, 1.82) is 0 Å². The van der Waals surface area contributed by atoms with Crippen LogP contribution in [0.4, 0.5) is 0 Å². The van der Waals surface area contributed by atoms with E-state index >= 15 is 0 Å². The van der Waals surface area contributed by atoms with Gasteiger partial charge in [-0.2, -0.15) is 11.8 Å². The molecule has 0 saturated carbocycles. The van der Waals surface area contributed by atoms with Crippen LogP contribution in [0, 0.1) is 11.3 Å². The SMILES string of the molecule is CCSCCCC1(CC(C)C)CNC1. The van der Waals surface area contributed by atoms with E-state index in [1.165, 1.54) is 43.9 Å². The van der Waals surface area contributed by atoms with Gasteiger partial charge in [-0.3, -0.25) is 0 Å². The molecule has 84 valence electrons. The fourth-order valence-corrected chi connectivity index (χ4v) is 3.10. The van der Waals surface area contributed by atoms with E-state index in [-0.39, 0.29) is 0 Å². The van der Waals surface area contributed by atoms with Crippen molar-refractivity contribution in [1.82, 2.24) is 5.32 Å². The Balaban J connectivity index is 2.17. The van der Waals surface area contributed by atoms with E-state index in [0.29, 0.717) is 5.41 Å². The number of thioether (sulfide) groups is 1. The summed E-state index contributed by atoms with van der Waals surface area (Å²) in [4.78, 5) is 0. The quantitative estimate of drug-likeness (QED) is 0.655. The molecule has 1 rings (SSSR count). The number of nitrogens with one attached hydrogen (secondary N) is 1. The second kappa shape index (κ2) is 6.02. The van der Waals surface area contributed by atoms with Gasteiger partial charge in [-0.05, 0) is 42.1 Å². The Morgan fingerprint density at radius 2 is 2.07 bits per heavy atom. The maximum absolute atomic E-state index is 3.44. The molecule has 1 saturated heterocycles. The highest BCUT2D eigenvalue weighted by molar-refractivity contribution is 7.99. The lowest BCUT2D eigenvalue weighted by molar-refractivity contribution is 0.118. The molecule has 1 heterocycles. The Kier molecular flexibility index (Phi) is 5.32. The number of hydrogen-bond acceptors (Lipinski definition) is 2. The molecule has 1 fully saturated rings. The van der Waals surface area contributed by atoms with Crippen LogP contribution in [0.5, 0.6) is 0 Å². The fraction of sp³-hybridized carbons (Fsp3) is 1.00. The molecule has 0 aliphatic carbocycles. The molecule has 1 N–H and O–H groups in total. The summed E-state index contributed by atoms with van der Waals surface area (Å²) in [7, 11) is 0. The van der Waals surface area contributed by atoms with Gasteiger partial charge in [-0.15, -0.1) is 0 Å². The maximum Gasteiger partial charge on any atom is 0.00203 e. The smallest absolute Gasteiger partial charge is 0.00203 e. The van der Waals surface area contributed by atoms with Gasteiger partial charge in [0.15, 0.2) is 0 Å². The van der Waals surface area contributed by atoms with Crippen LogP contribution in [-0.2, 0) is 0 Å². The summed E-state index contributed by atoms with van der Waals surface area (Å²) in [5, 5.41) is 3.44. The lowest BCUT2D eigenvalue weighted by Crippen LogP contribution is -2.54. The number of rotatable bonds is 7. The molecular formula is C12H25NS. The molecule has 0 bridgehead atoms. The molecule has 0 amide bonds. The Labute approximate surface area is 93.4 Å². The zero-order chi connectivity index (χ0) is 10.4. The van der Waals surface area contributed by atoms with E-state index < -0.39 is 0 Å². The summed E-state index contributed by atoms with van der Waals surface area (Å²) in [5.74, 6) is 3.49. The van der Waals surface area contributed by atoms with Crippen molar-refractivity contribution in [2.75, 3.05) is 24.6 Å². The molecule has 14 heavy (non-hydrogen) atoms. The highest BCUT2D eigenvalue weighted by Gasteiger charge is 2.36. The molecule has 1 aliphatic heterocycles. The summed E-state index contributed by atoms with van der Waals surface area (Å²) >= 11 is 2.08. The van der Waals surface area contributed by atoms with E-state index in [1.807, 2.05) is 0 Å². The van der Waals surface area contributed by atoms with Crippen LogP contribution >= 0.6 is 11.8 Å². The predicted molar refractivity (Wildman–Crippen MR) is 67.0 cm³/mol. The van der Waals surface area contributed by atoms with Crippen LogP contribution in [0.1, 0.15) is 40.0 Å². The Hall–Kier alpha value is 0.310.